The second-order valence-electron chi connectivity index (χ2n) is 7.22. The molecule has 7 heteroatoms. The van der Waals surface area contributed by atoms with Crippen molar-refractivity contribution in [1.29, 1.82) is 0 Å². The van der Waals surface area contributed by atoms with Gasteiger partial charge in [0.05, 0.1) is 17.8 Å². The number of pyridine rings is 1. The van der Waals surface area contributed by atoms with Gasteiger partial charge in [-0.25, -0.2) is 4.98 Å². The Balaban J connectivity index is 1.42. The maximum atomic E-state index is 12.6. The molecule has 3 heterocycles. The van der Waals surface area contributed by atoms with Crippen molar-refractivity contribution in [1.82, 2.24) is 15.3 Å². The van der Waals surface area contributed by atoms with E-state index in [2.05, 4.69) is 43.3 Å². The van der Waals surface area contributed by atoms with Crippen molar-refractivity contribution in [2.24, 2.45) is 0 Å². The predicted octanol–water partition coefficient (Wildman–Crippen LogP) is 4.37. The number of nitrogens with one attached hydrogen (secondary N) is 1. The van der Waals surface area contributed by atoms with Crippen LogP contribution in [0, 0.1) is 0 Å². The minimum Gasteiger partial charge on any atom is -0.381 e. The van der Waals surface area contributed by atoms with E-state index < -0.39 is 0 Å². The van der Waals surface area contributed by atoms with Crippen molar-refractivity contribution in [2.75, 3.05) is 19.8 Å². The molecule has 0 radical (unpaired) electrons. The van der Waals surface area contributed by atoms with Gasteiger partial charge in [0.1, 0.15) is 5.01 Å². The Bertz CT molecular complexity index is 971. The average molecular weight is 472 g/mol. The lowest BCUT2D eigenvalue weighted by molar-refractivity contribution is -0.121. The number of hydrogen-bond donors (Lipinski definition) is 1. The molecule has 3 aromatic rings. The average Bonchev–Trinajstić information content (AvgIpc) is 3.22. The minimum absolute atomic E-state index is 0.0104. The minimum atomic E-state index is -0.0983. The van der Waals surface area contributed by atoms with Gasteiger partial charge in [-0.2, -0.15) is 0 Å². The number of hydrogen-bond acceptors (Lipinski definition) is 5. The highest BCUT2D eigenvalue weighted by atomic mass is 79.9. The van der Waals surface area contributed by atoms with E-state index in [1.54, 1.807) is 6.20 Å². The van der Waals surface area contributed by atoms with Crippen LogP contribution in [0.2, 0.25) is 0 Å². The van der Waals surface area contributed by atoms with Crippen LogP contribution in [0.15, 0.2) is 58.5 Å². The van der Waals surface area contributed by atoms with Crippen LogP contribution in [-0.4, -0.2) is 35.6 Å². The smallest absolute Gasteiger partial charge is 0.226 e. The highest BCUT2D eigenvalue weighted by molar-refractivity contribution is 9.10. The number of rotatable bonds is 6. The van der Waals surface area contributed by atoms with Crippen molar-refractivity contribution in [2.45, 2.75) is 24.7 Å². The molecule has 1 aromatic carbocycles. The number of amides is 1. The molecule has 0 unspecified atom stereocenters. The standard InChI is InChI=1S/C22H22BrN3O2S/c23-17-5-3-4-16(12-17)22(7-10-28-11-8-22)15-25-20(27)13-18-14-29-21(26-18)19-6-1-2-9-24-19/h1-6,9,12,14H,7-8,10-11,13,15H2,(H,25,27). The lowest BCUT2D eigenvalue weighted by Gasteiger charge is -2.38. The van der Waals surface area contributed by atoms with Gasteiger partial charge in [-0.15, -0.1) is 11.3 Å². The van der Waals surface area contributed by atoms with Crippen molar-refractivity contribution in [3.63, 3.8) is 0 Å². The Morgan fingerprint density at radius 3 is 2.83 bits per heavy atom. The van der Waals surface area contributed by atoms with E-state index in [-0.39, 0.29) is 17.7 Å². The lowest BCUT2D eigenvalue weighted by Crippen LogP contribution is -2.45. The fourth-order valence-corrected chi connectivity index (χ4v) is 4.83. The summed E-state index contributed by atoms with van der Waals surface area (Å²) in [6.45, 7) is 2.02. The summed E-state index contributed by atoms with van der Waals surface area (Å²) in [5.41, 5.74) is 2.75. The van der Waals surface area contributed by atoms with E-state index in [1.807, 2.05) is 35.7 Å². The molecule has 0 spiro atoms. The highest BCUT2D eigenvalue weighted by Gasteiger charge is 2.35. The third-order valence-corrected chi connectivity index (χ3v) is 6.70. The normalized spacial score (nSPS) is 15.8. The summed E-state index contributed by atoms with van der Waals surface area (Å²) in [7, 11) is 0. The van der Waals surface area contributed by atoms with Crippen molar-refractivity contribution < 1.29 is 9.53 Å². The first-order chi connectivity index (χ1) is 14.1. The number of carbonyl (C=O) groups excluding carboxylic acids is 1. The summed E-state index contributed by atoms with van der Waals surface area (Å²) in [6, 6.07) is 14.1. The number of thiazole rings is 1. The maximum Gasteiger partial charge on any atom is 0.226 e. The van der Waals surface area contributed by atoms with Gasteiger partial charge in [0.15, 0.2) is 0 Å². The van der Waals surface area contributed by atoms with E-state index in [0.717, 1.165) is 33.7 Å². The second kappa shape index (κ2) is 9.15. The molecule has 1 aliphatic rings. The molecule has 150 valence electrons. The van der Waals surface area contributed by atoms with Crippen molar-refractivity contribution in [3.05, 3.63) is 69.8 Å². The molecule has 0 saturated carbocycles. The molecule has 1 fully saturated rings. The number of halogens is 1. The van der Waals surface area contributed by atoms with E-state index >= 15 is 0 Å². The first kappa shape index (κ1) is 20.2. The summed E-state index contributed by atoms with van der Waals surface area (Å²) in [5, 5.41) is 5.92. The number of ether oxygens (including phenoxy) is 1. The van der Waals surface area contributed by atoms with Gasteiger partial charge >= 0.3 is 0 Å². The first-order valence-corrected chi connectivity index (χ1v) is 11.3. The number of aromatic nitrogens is 2. The number of nitrogens with zero attached hydrogens (tertiary/aromatic N) is 2. The fourth-order valence-electron chi connectivity index (χ4n) is 3.64. The molecule has 0 bridgehead atoms. The largest absolute Gasteiger partial charge is 0.381 e. The highest BCUT2D eigenvalue weighted by Crippen LogP contribution is 2.35. The molecule has 1 saturated heterocycles. The third-order valence-electron chi connectivity index (χ3n) is 5.29. The quantitative estimate of drug-likeness (QED) is 0.579. The Morgan fingerprint density at radius 1 is 1.21 bits per heavy atom. The second-order valence-corrected chi connectivity index (χ2v) is 8.99. The summed E-state index contributed by atoms with van der Waals surface area (Å²) < 4.78 is 6.64. The van der Waals surface area contributed by atoms with Gasteiger partial charge in [0.25, 0.3) is 0 Å². The molecule has 29 heavy (non-hydrogen) atoms. The molecule has 1 aliphatic heterocycles. The molecule has 1 amide bonds. The van der Waals surface area contributed by atoms with Crippen LogP contribution in [-0.2, 0) is 21.4 Å². The lowest BCUT2D eigenvalue weighted by atomic mass is 9.74. The third kappa shape index (κ3) is 4.91. The molecule has 2 aromatic heterocycles. The van der Waals surface area contributed by atoms with Gasteiger partial charge in [-0.1, -0.05) is 34.1 Å². The van der Waals surface area contributed by atoms with E-state index in [9.17, 15) is 4.79 Å². The van der Waals surface area contributed by atoms with Gasteiger partial charge in [0.2, 0.25) is 5.91 Å². The molecule has 4 rings (SSSR count). The van der Waals surface area contributed by atoms with Gasteiger partial charge in [0, 0.05) is 41.2 Å². The Morgan fingerprint density at radius 2 is 2.07 bits per heavy atom. The molecule has 5 nitrogen and oxygen atoms in total. The fraction of sp³-hybridized carbons (Fsp3) is 0.318. The van der Waals surface area contributed by atoms with Crippen LogP contribution in [0.3, 0.4) is 0 Å². The van der Waals surface area contributed by atoms with Crippen molar-refractivity contribution >= 4 is 33.2 Å². The zero-order chi connectivity index (χ0) is 20.1. The van der Waals surface area contributed by atoms with E-state index in [1.165, 1.54) is 16.9 Å². The molecule has 0 atom stereocenters. The monoisotopic (exact) mass is 471 g/mol. The van der Waals surface area contributed by atoms with Crippen LogP contribution in [0.25, 0.3) is 10.7 Å². The number of benzene rings is 1. The summed E-state index contributed by atoms with van der Waals surface area (Å²) in [6.07, 6.45) is 3.81. The van der Waals surface area contributed by atoms with Crippen LogP contribution in [0.4, 0.5) is 0 Å². The van der Waals surface area contributed by atoms with Crippen LogP contribution in [0.1, 0.15) is 24.1 Å². The van der Waals surface area contributed by atoms with Crippen molar-refractivity contribution in [3.8, 4) is 10.7 Å². The topological polar surface area (TPSA) is 64.1 Å². The summed E-state index contributed by atoms with van der Waals surface area (Å²) >= 11 is 5.08. The summed E-state index contributed by atoms with van der Waals surface area (Å²) in [4.78, 5) is 21.5. The zero-order valence-corrected chi connectivity index (χ0v) is 18.3. The summed E-state index contributed by atoms with van der Waals surface area (Å²) in [5.74, 6) is -0.0104. The molecular formula is C22H22BrN3O2S. The Labute approximate surface area is 182 Å². The molecule has 1 N–H and O–H groups in total. The van der Waals surface area contributed by atoms with E-state index in [0.29, 0.717) is 19.8 Å². The van der Waals surface area contributed by atoms with Gasteiger partial charge in [-0.05, 0) is 42.7 Å². The zero-order valence-electron chi connectivity index (χ0n) is 15.9. The van der Waals surface area contributed by atoms with Crippen LogP contribution in [0.5, 0.6) is 0 Å². The number of carbonyl (C=O) groups is 1. The molecule has 0 aliphatic carbocycles. The maximum absolute atomic E-state index is 12.6. The van der Waals surface area contributed by atoms with Gasteiger partial charge in [-0.3, -0.25) is 9.78 Å². The SMILES string of the molecule is O=C(Cc1csc(-c2ccccn2)n1)NCC1(c2cccc(Br)c2)CCOCC1. The van der Waals surface area contributed by atoms with E-state index in [4.69, 9.17) is 4.74 Å². The van der Waals surface area contributed by atoms with Crippen LogP contribution < -0.4 is 5.32 Å². The Hall–Kier alpha value is -2.09. The van der Waals surface area contributed by atoms with Crippen LogP contribution >= 0.6 is 27.3 Å². The predicted molar refractivity (Wildman–Crippen MR) is 118 cm³/mol. The Kier molecular flexibility index (Phi) is 6.37. The first-order valence-electron chi connectivity index (χ1n) is 9.61. The van der Waals surface area contributed by atoms with Gasteiger partial charge < -0.3 is 10.1 Å². The molecular weight excluding hydrogens is 450 g/mol.